The molecule has 0 saturated heterocycles. The number of fused-ring (bicyclic) bond motifs is 5. The first-order valence-electron chi connectivity index (χ1n) is 6.82. The van der Waals surface area contributed by atoms with Crippen molar-refractivity contribution in [3.8, 4) is 0 Å². The highest BCUT2D eigenvalue weighted by Gasteiger charge is 2.83. The van der Waals surface area contributed by atoms with Gasteiger partial charge < -0.3 is 4.74 Å². The molecule has 1 saturated carbocycles. The van der Waals surface area contributed by atoms with Gasteiger partial charge in [0.1, 0.15) is 9.75 Å². The number of hydrogen-bond donors (Lipinski definition) is 0. The fraction of sp³-hybridized carbons (Fsp3) is 0.714. The zero-order valence-corrected chi connectivity index (χ0v) is 17.4. The van der Waals surface area contributed by atoms with Gasteiger partial charge in [0.2, 0.25) is 0 Å². The molecule has 3 aliphatic carbocycles. The van der Waals surface area contributed by atoms with Crippen molar-refractivity contribution >= 4 is 81.2 Å². The quantitative estimate of drug-likeness (QED) is 0.331. The van der Waals surface area contributed by atoms with E-state index in [1.807, 2.05) is 12.2 Å². The van der Waals surface area contributed by atoms with Crippen LogP contribution in [-0.2, 0) is 4.74 Å². The summed E-state index contributed by atoms with van der Waals surface area (Å²) >= 11 is 44.5. The molecule has 0 radical (unpaired) electrons. The number of hydrogen-bond acceptors (Lipinski definition) is 1. The third kappa shape index (κ3) is 2.58. The second-order valence-electron chi connectivity index (χ2n) is 5.56. The number of alkyl halides is 6. The lowest BCUT2D eigenvalue weighted by Crippen LogP contribution is -2.45. The van der Waals surface area contributed by atoms with Crippen molar-refractivity contribution in [1.29, 1.82) is 0 Å². The van der Waals surface area contributed by atoms with Gasteiger partial charge in [0, 0.05) is 25.4 Å². The molecule has 0 aromatic rings. The monoisotopic (exact) mass is 462 g/mol. The lowest BCUT2D eigenvalue weighted by atomic mass is 9.84. The molecule has 2 bridgehead atoms. The van der Waals surface area contributed by atoms with Crippen LogP contribution in [0.4, 0.5) is 4.39 Å². The van der Waals surface area contributed by atoms with E-state index in [9.17, 15) is 4.39 Å². The van der Waals surface area contributed by atoms with Crippen LogP contribution < -0.4 is 0 Å². The molecule has 9 heteroatoms. The Morgan fingerprint density at radius 2 is 1.65 bits per heavy atom. The van der Waals surface area contributed by atoms with Gasteiger partial charge in [-0.25, -0.2) is 4.39 Å². The third-order valence-electron chi connectivity index (χ3n) is 4.47. The molecule has 1 nitrogen and oxygen atoms in total. The second kappa shape index (κ2) is 6.85. The molecule has 0 aromatic heterocycles. The lowest BCUT2D eigenvalue weighted by Gasteiger charge is -2.34. The maximum Gasteiger partial charge on any atom is 0.198 e. The largest absolute Gasteiger partial charge is 0.351 e. The average Bonchev–Trinajstić information content (AvgIpc) is 3.00. The van der Waals surface area contributed by atoms with Crippen molar-refractivity contribution in [3.63, 3.8) is 0 Å². The average molecular weight is 465 g/mol. The molecule has 0 amide bonds. The van der Waals surface area contributed by atoms with E-state index in [1.165, 1.54) is 7.11 Å². The summed E-state index contributed by atoms with van der Waals surface area (Å²) in [4.78, 5) is -2.45. The first-order chi connectivity index (χ1) is 10.5. The first-order valence-corrected chi connectivity index (χ1v) is 9.53. The molecule has 0 N–H and O–H groups in total. The van der Waals surface area contributed by atoms with E-state index in [1.54, 1.807) is 6.92 Å². The molecular weight excluding hydrogens is 451 g/mol. The van der Waals surface area contributed by atoms with E-state index in [0.717, 1.165) is 0 Å². The molecule has 3 rings (SSSR count). The van der Waals surface area contributed by atoms with E-state index >= 15 is 0 Å². The molecule has 6 unspecified atom stereocenters. The number of rotatable bonds is 2. The van der Waals surface area contributed by atoms with Crippen molar-refractivity contribution in [1.82, 2.24) is 0 Å². The maximum atomic E-state index is 11.6. The molecule has 0 aliphatic heterocycles. The van der Waals surface area contributed by atoms with Crippen LogP contribution in [0, 0.1) is 11.8 Å². The van der Waals surface area contributed by atoms with Crippen molar-refractivity contribution in [2.75, 3.05) is 7.11 Å². The normalized spacial score (nSPS) is 44.2. The lowest BCUT2D eigenvalue weighted by molar-refractivity contribution is -0.00675. The Morgan fingerprint density at radius 1 is 1.13 bits per heavy atom. The van der Waals surface area contributed by atoms with Crippen LogP contribution in [0.1, 0.15) is 13.3 Å². The van der Waals surface area contributed by atoms with Gasteiger partial charge >= 0.3 is 0 Å². The molecule has 6 atom stereocenters. The summed E-state index contributed by atoms with van der Waals surface area (Å²) in [5.41, 5.74) is 0. The van der Waals surface area contributed by atoms with Crippen molar-refractivity contribution in [3.05, 3.63) is 22.2 Å². The predicted molar refractivity (Wildman–Crippen MR) is 98.3 cm³/mol. The van der Waals surface area contributed by atoms with Crippen molar-refractivity contribution in [2.24, 2.45) is 11.8 Å². The Hall–Kier alpha value is 1.40. The fourth-order valence-electron chi connectivity index (χ4n) is 3.25. The molecule has 3 aliphatic rings. The number of ether oxygens (including phenoxy) is 1. The summed E-state index contributed by atoms with van der Waals surface area (Å²) in [5.74, 6) is -0.470. The van der Waals surface area contributed by atoms with Crippen LogP contribution in [0.25, 0.3) is 0 Å². The Labute approximate surface area is 169 Å². The Kier molecular flexibility index (Phi) is 6.17. The Bertz CT molecular complexity index is 547. The fourth-order valence-corrected chi connectivity index (χ4v) is 6.76. The highest BCUT2D eigenvalue weighted by molar-refractivity contribution is 6.66. The van der Waals surface area contributed by atoms with E-state index in [0.29, 0.717) is 6.42 Å². The van der Waals surface area contributed by atoms with Crippen LogP contribution in [0.5, 0.6) is 0 Å². The number of methoxy groups -OCH3 is 1. The summed E-state index contributed by atoms with van der Waals surface area (Å²) < 4.78 is 14.4. The zero-order chi connectivity index (χ0) is 17.8. The van der Waals surface area contributed by atoms with Crippen LogP contribution in [0.2, 0.25) is 0 Å². The van der Waals surface area contributed by atoms with E-state index in [2.05, 4.69) is 4.74 Å². The predicted octanol–water partition coefficient (Wildman–Crippen LogP) is 6.58. The minimum atomic E-state index is -1.48. The van der Waals surface area contributed by atoms with Gasteiger partial charge in [-0.05, 0) is 0 Å². The summed E-state index contributed by atoms with van der Waals surface area (Å²) in [6.45, 7) is 1.73. The highest BCUT2D eigenvalue weighted by Crippen LogP contribution is 2.78. The van der Waals surface area contributed by atoms with E-state index < -0.39 is 20.4 Å². The summed E-state index contributed by atoms with van der Waals surface area (Å²) in [7, 11) is 1.36. The van der Waals surface area contributed by atoms with Gasteiger partial charge in [-0.2, -0.15) is 0 Å². The summed E-state index contributed by atoms with van der Waals surface area (Å²) in [6, 6.07) is 0. The summed E-state index contributed by atoms with van der Waals surface area (Å²) in [6.07, 6.45) is 3.07. The molecule has 0 spiro atoms. The Balaban J connectivity index is 0.000000277. The van der Waals surface area contributed by atoms with Gasteiger partial charge in [0.15, 0.2) is 10.7 Å². The smallest absolute Gasteiger partial charge is 0.198 e. The molecule has 0 aromatic carbocycles. The van der Waals surface area contributed by atoms with Crippen molar-refractivity contribution in [2.45, 2.75) is 39.2 Å². The minimum absolute atomic E-state index is 0.205. The molecular formula is C14H14Cl7FO. The molecule has 23 heavy (non-hydrogen) atoms. The zero-order valence-electron chi connectivity index (χ0n) is 12.1. The van der Waals surface area contributed by atoms with Gasteiger partial charge in [-0.1, -0.05) is 65.5 Å². The Morgan fingerprint density at radius 3 is 2.09 bits per heavy atom. The van der Waals surface area contributed by atoms with Gasteiger partial charge in [0.05, 0.1) is 15.4 Å². The number of halogens is 8. The third-order valence-corrected chi connectivity index (χ3v) is 9.18. The SMILES string of the molecule is CCC(F)OC.ClC1=C(Cl)C2(Cl)C3C(Cl)C=CC3C1(Cl)C2(Cl)Cl. The van der Waals surface area contributed by atoms with Gasteiger partial charge in [-0.3, -0.25) is 0 Å². The summed E-state index contributed by atoms with van der Waals surface area (Å²) in [5, 5.41) is 0.113. The molecule has 0 heterocycles. The van der Waals surface area contributed by atoms with Crippen molar-refractivity contribution < 1.29 is 9.13 Å². The standard InChI is InChI=1S/C10H5Cl7.C4H9FO/c11-4-2-1-3-5(4)9(15)7(13)6(12)8(3,14)10(9,16)17;1-3-4(5)6-2/h1-5H;4H,3H2,1-2H3. The van der Waals surface area contributed by atoms with E-state index in [4.69, 9.17) is 81.2 Å². The van der Waals surface area contributed by atoms with Crippen LogP contribution in [0.15, 0.2) is 22.2 Å². The minimum Gasteiger partial charge on any atom is -0.351 e. The maximum absolute atomic E-state index is 11.6. The molecule has 132 valence electrons. The van der Waals surface area contributed by atoms with Crippen LogP contribution in [-0.4, -0.2) is 32.9 Å². The highest BCUT2D eigenvalue weighted by atomic mass is 35.5. The van der Waals surface area contributed by atoms with Gasteiger partial charge in [0.25, 0.3) is 0 Å². The van der Waals surface area contributed by atoms with Crippen LogP contribution in [0.3, 0.4) is 0 Å². The van der Waals surface area contributed by atoms with Crippen LogP contribution >= 0.6 is 81.2 Å². The topological polar surface area (TPSA) is 9.23 Å². The first kappa shape index (κ1) is 20.7. The second-order valence-corrected chi connectivity index (χ2v) is 9.34. The molecule has 1 fully saturated rings. The van der Waals surface area contributed by atoms with E-state index in [-0.39, 0.29) is 27.3 Å². The van der Waals surface area contributed by atoms with Gasteiger partial charge in [-0.15, -0.1) is 34.8 Å². The number of allylic oxidation sites excluding steroid dienone is 4.